The van der Waals surface area contributed by atoms with Crippen LogP contribution in [0.15, 0.2) is 0 Å². The van der Waals surface area contributed by atoms with Gasteiger partial charge in [0.1, 0.15) is 6.23 Å². The molecular formula is C10H19NO2. The molecule has 1 aliphatic heterocycles. The zero-order valence-electron chi connectivity index (χ0n) is 8.66. The highest BCUT2D eigenvalue weighted by Crippen LogP contribution is 2.23. The van der Waals surface area contributed by atoms with Crippen LogP contribution in [0.3, 0.4) is 0 Å². The number of amides is 1. The number of carbonyl (C=O) groups is 1. The van der Waals surface area contributed by atoms with E-state index >= 15 is 0 Å². The van der Waals surface area contributed by atoms with Crippen molar-refractivity contribution in [1.29, 1.82) is 0 Å². The lowest BCUT2D eigenvalue weighted by Crippen LogP contribution is -2.44. The Morgan fingerprint density at radius 3 is 2.62 bits per heavy atom. The number of hydrogen-bond acceptors (Lipinski definition) is 2. The monoisotopic (exact) mass is 185 g/mol. The molecule has 0 radical (unpaired) electrons. The molecule has 0 bridgehead atoms. The van der Waals surface area contributed by atoms with Crippen molar-refractivity contribution in [3.8, 4) is 0 Å². The second-order valence-electron chi connectivity index (χ2n) is 4.17. The Morgan fingerprint density at radius 1 is 1.38 bits per heavy atom. The maximum Gasteiger partial charge on any atom is 0.227 e. The smallest absolute Gasteiger partial charge is 0.227 e. The fraction of sp³-hybridized carbons (Fsp3) is 0.900. The van der Waals surface area contributed by atoms with Gasteiger partial charge in [-0.15, -0.1) is 0 Å². The van der Waals surface area contributed by atoms with Crippen LogP contribution < -0.4 is 0 Å². The van der Waals surface area contributed by atoms with E-state index in [1.165, 1.54) is 4.90 Å². The van der Waals surface area contributed by atoms with Crippen LogP contribution in [0.2, 0.25) is 0 Å². The van der Waals surface area contributed by atoms with Crippen LogP contribution >= 0.6 is 0 Å². The minimum absolute atomic E-state index is 0.0622. The van der Waals surface area contributed by atoms with Gasteiger partial charge in [-0.2, -0.15) is 0 Å². The highest BCUT2D eigenvalue weighted by atomic mass is 16.3. The predicted molar refractivity (Wildman–Crippen MR) is 51.0 cm³/mol. The molecule has 0 aliphatic carbocycles. The molecule has 0 spiro atoms. The number of likely N-dealkylation sites (tertiary alicyclic amines) is 1. The van der Waals surface area contributed by atoms with Crippen molar-refractivity contribution in [2.24, 2.45) is 11.8 Å². The van der Waals surface area contributed by atoms with Gasteiger partial charge in [0.05, 0.1) is 0 Å². The van der Waals surface area contributed by atoms with Gasteiger partial charge in [0, 0.05) is 18.9 Å². The largest absolute Gasteiger partial charge is 0.373 e. The van der Waals surface area contributed by atoms with Gasteiger partial charge in [0.15, 0.2) is 0 Å². The van der Waals surface area contributed by atoms with E-state index in [0.29, 0.717) is 0 Å². The first-order valence-corrected chi connectivity index (χ1v) is 4.98. The summed E-state index contributed by atoms with van der Waals surface area (Å²) < 4.78 is 0. The van der Waals surface area contributed by atoms with Crippen molar-refractivity contribution in [2.45, 2.75) is 39.3 Å². The fourth-order valence-electron chi connectivity index (χ4n) is 1.88. The van der Waals surface area contributed by atoms with E-state index in [4.69, 9.17) is 0 Å². The molecule has 0 saturated carbocycles. The van der Waals surface area contributed by atoms with E-state index in [1.54, 1.807) is 7.05 Å². The number of hydrogen-bond donors (Lipinski definition) is 1. The van der Waals surface area contributed by atoms with Gasteiger partial charge in [-0.1, -0.05) is 20.3 Å². The van der Waals surface area contributed by atoms with Crippen LogP contribution in [-0.4, -0.2) is 29.2 Å². The molecule has 0 aromatic heterocycles. The third-order valence-corrected chi connectivity index (χ3v) is 2.97. The molecule has 1 aliphatic rings. The molecule has 13 heavy (non-hydrogen) atoms. The summed E-state index contributed by atoms with van der Waals surface area (Å²) in [5.74, 6) is 0.327. The summed E-state index contributed by atoms with van der Waals surface area (Å²) in [5, 5.41) is 9.74. The van der Waals surface area contributed by atoms with E-state index < -0.39 is 6.23 Å². The van der Waals surface area contributed by atoms with Gasteiger partial charge in [0.2, 0.25) is 5.91 Å². The lowest BCUT2D eigenvalue weighted by molar-refractivity contribution is -0.148. The Labute approximate surface area is 79.7 Å². The molecule has 1 rings (SSSR count). The van der Waals surface area contributed by atoms with Crippen molar-refractivity contribution >= 4 is 5.91 Å². The van der Waals surface area contributed by atoms with Crippen molar-refractivity contribution in [2.75, 3.05) is 7.05 Å². The maximum atomic E-state index is 11.6. The molecule has 1 heterocycles. The zero-order valence-corrected chi connectivity index (χ0v) is 8.66. The first-order valence-electron chi connectivity index (χ1n) is 4.98. The predicted octanol–water partition coefficient (Wildman–Crippen LogP) is 1.22. The Hall–Kier alpha value is -0.570. The molecule has 3 nitrogen and oxygen atoms in total. The minimum atomic E-state index is -0.602. The van der Waals surface area contributed by atoms with Crippen molar-refractivity contribution < 1.29 is 9.90 Å². The van der Waals surface area contributed by atoms with Gasteiger partial charge >= 0.3 is 0 Å². The van der Waals surface area contributed by atoms with Gasteiger partial charge in [0.25, 0.3) is 0 Å². The Morgan fingerprint density at radius 2 is 2.00 bits per heavy atom. The maximum absolute atomic E-state index is 11.6. The highest BCUT2D eigenvalue weighted by molar-refractivity contribution is 5.78. The second-order valence-corrected chi connectivity index (χ2v) is 4.17. The second kappa shape index (κ2) is 4.09. The summed E-state index contributed by atoms with van der Waals surface area (Å²) in [5.41, 5.74) is 0. The molecule has 0 aromatic rings. The van der Waals surface area contributed by atoms with Gasteiger partial charge in [-0.3, -0.25) is 4.79 Å². The third-order valence-electron chi connectivity index (χ3n) is 2.97. The summed E-state index contributed by atoms with van der Waals surface area (Å²) in [6, 6.07) is 0. The van der Waals surface area contributed by atoms with E-state index in [9.17, 15) is 9.90 Å². The number of aliphatic hydroxyl groups excluding tert-OH is 1. The molecule has 1 saturated heterocycles. The van der Waals surface area contributed by atoms with Crippen LogP contribution in [0.25, 0.3) is 0 Å². The normalized spacial score (nSPS) is 37.1. The number of aliphatic hydroxyl groups is 1. The number of carbonyl (C=O) groups excluding carboxylic acids is 1. The average Bonchev–Trinajstić information content (AvgIpc) is 2.12. The van der Waals surface area contributed by atoms with Crippen LogP contribution in [0.4, 0.5) is 0 Å². The van der Waals surface area contributed by atoms with E-state index in [0.717, 1.165) is 19.3 Å². The highest BCUT2D eigenvalue weighted by Gasteiger charge is 2.28. The molecule has 1 N–H and O–H groups in total. The van der Waals surface area contributed by atoms with Crippen LogP contribution in [0.5, 0.6) is 0 Å². The molecule has 3 unspecified atom stereocenters. The Kier molecular flexibility index (Phi) is 3.31. The first kappa shape index (κ1) is 10.5. The van der Waals surface area contributed by atoms with Gasteiger partial charge < -0.3 is 10.0 Å². The van der Waals surface area contributed by atoms with Crippen LogP contribution in [-0.2, 0) is 4.79 Å². The average molecular weight is 185 g/mol. The first-order chi connectivity index (χ1) is 6.04. The SMILES string of the molecule is CC1CCCC(C)C(O)N(C)C1=O. The van der Waals surface area contributed by atoms with Gasteiger partial charge in [-0.25, -0.2) is 0 Å². The van der Waals surface area contributed by atoms with E-state index in [1.807, 2.05) is 13.8 Å². The standard InChI is InChI=1S/C10H19NO2/c1-7-5-4-6-8(2)10(13)11(3)9(7)12/h7-9,12H,4-6H2,1-3H3. The molecule has 3 heteroatoms. The molecular weight excluding hydrogens is 166 g/mol. The van der Waals surface area contributed by atoms with E-state index in [-0.39, 0.29) is 17.7 Å². The Bertz CT molecular complexity index is 193. The molecule has 76 valence electrons. The lowest BCUT2D eigenvalue weighted by atomic mass is 9.93. The summed E-state index contributed by atoms with van der Waals surface area (Å²) >= 11 is 0. The van der Waals surface area contributed by atoms with Gasteiger partial charge in [-0.05, 0) is 12.8 Å². The zero-order chi connectivity index (χ0) is 10.0. The lowest BCUT2D eigenvalue weighted by Gasteiger charge is -2.33. The van der Waals surface area contributed by atoms with Crippen molar-refractivity contribution in [3.05, 3.63) is 0 Å². The van der Waals surface area contributed by atoms with Crippen LogP contribution in [0.1, 0.15) is 33.1 Å². The summed E-state index contributed by atoms with van der Waals surface area (Å²) in [4.78, 5) is 13.1. The van der Waals surface area contributed by atoms with Crippen LogP contribution in [0, 0.1) is 11.8 Å². The molecule has 1 amide bonds. The number of nitrogens with zero attached hydrogens (tertiary/aromatic N) is 1. The molecule has 3 atom stereocenters. The third kappa shape index (κ3) is 2.21. The Balaban J connectivity index is 2.71. The topological polar surface area (TPSA) is 40.5 Å². The quantitative estimate of drug-likeness (QED) is 0.616. The summed E-state index contributed by atoms with van der Waals surface area (Å²) in [7, 11) is 1.69. The summed E-state index contributed by atoms with van der Waals surface area (Å²) in [6.07, 6.45) is 2.39. The minimum Gasteiger partial charge on any atom is -0.373 e. The van der Waals surface area contributed by atoms with Crippen molar-refractivity contribution in [3.63, 3.8) is 0 Å². The number of rotatable bonds is 0. The molecule has 0 aromatic carbocycles. The fourth-order valence-corrected chi connectivity index (χ4v) is 1.88. The summed E-state index contributed by atoms with van der Waals surface area (Å²) in [6.45, 7) is 3.92. The molecule has 1 fully saturated rings. The van der Waals surface area contributed by atoms with Crippen molar-refractivity contribution in [1.82, 2.24) is 4.90 Å². The van der Waals surface area contributed by atoms with E-state index in [2.05, 4.69) is 0 Å².